The lowest BCUT2D eigenvalue weighted by molar-refractivity contribution is 0.103. The second-order valence-electron chi connectivity index (χ2n) is 5.28. The molecule has 20 heavy (non-hydrogen) atoms. The highest BCUT2D eigenvalue weighted by molar-refractivity contribution is 9.10. The first-order chi connectivity index (χ1) is 9.45. The number of ketones is 1. The summed E-state index contributed by atoms with van der Waals surface area (Å²) in [5.41, 5.74) is 2.54. The van der Waals surface area contributed by atoms with Crippen LogP contribution < -0.4 is 0 Å². The van der Waals surface area contributed by atoms with Crippen molar-refractivity contribution < 1.29 is 4.79 Å². The Morgan fingerprint density at radius 1 is 1.10 bits per heavy atom. The van der Waals surface area contributed by atoms with Crippen molar-refractivity contribution >= 4 is 33.3 Å². The molecule has 104 valence electrons. The molecule has 0 radical (unpaired) electrons. The summed E-state index contributed by atoms with van der Waals surface area (Å²) in [5.74, 6) is 0.602. The zero-order chi connectivity index (χ0) is 14.7. The molecule has 2 aromatic carbocycles. The Hall–Kier alpha value is -1.12. The van der Waals surface area contributed by atoms with Crippen LogP contribution in [0.5, 0.6) is 0 Å². The molecule has 0 fully saturated rings. The monoisotopic (exact) mass is 350 g/mol. The van der Waals surface area contributed by atoms with Gasteiger partial charge in [0.15, 0.2) is 5.78 Å². The molecule has 0 saturated heterocycles. The van der Waals surface area contributed by atoms with E-state index in [1.807, 2.05) is 24.3 Å². The summed E-state index contributed by atoms with van der Waals surface area (Å²) in [4.78, 5) is 12.4. The molecule has 1 nitrogen and oxygen atoms in total. The highest BCUT2D eigenvalue weighted by Crippen LogP contribution is 2.22. The van der Waals surface area contributed by atoms with E-state index < -0.39 is 0 Å². The summed E-state index contributed by atoms with van der Waals surface area (Å²) >= 11 is 9.34. The first-order valence-electron chi connectivity index (χ1n) is 6.55. The van der Waals surface area contributed by atoms with Gasteiger partial charge in [-0.05, 0) is 36.1 Å². The number of carbonyl (C=O) groups is 1. The number of rotatable bonds is 4. The fourth-order valence-electron chi connectivity index (χ4n) is 2.12. The third kappa shape index (κ3) is 3.94. The lowest BCUT2D eigenvalue weighted by Crippen LogP contribution is -2.02. The van der Waals surface area contributed by atoms with Crippen molar-refractivity contribution in [2.24, 2.45) is 5.92 Å². The van der Waals surface area contributed by atoms with Crippen LogP contribution in [0.2, 0.25) is 5.02 Å². The van der Waals surface area contributed by atoms with Crippen molar-refractivity contribution in [2.45, 2.75) is 20.3 Å². The maximum Gasteiger partial charge on any atom is 0.193 e. The van der Waals surface area contributed by atoms with Crippen molar-refractivity contribution in [2.75, 3.05) is 0 Å². The van der Waals surface area contributed by atoms with Crippen LogP contribution in [0.1, 0.15) is 35.3 Å². The molecule has 2 rings (SSSR count). The van der Waals surface area contributed by atoms with Crippen LogP contribution >= 0.6 is 27.5 Å². The van der Waals surface area contributed by atoms with E-state index in [1.165, 1.54) is 5.56 Å². The Labute approximate surface area is 133 Å². The smallest absolute Gasteiger partial charge is 0.193 e. The van der Waals surface area contributed by atoms with Crippen molar-refractivity contribution in [3.63, 3.8) is 0 Å². The van der Waals surface area contributed by atoms with Crippen LogP contribution in [-0.4, -0.2) is 5.78 Å². The fourth-order valence-corrected chi connectivity index (χ4v) is 2.98. The lowest BCUT2D eigenvalue weighted by Gasteiger charge is -2.07. The predicted octanol–water partition coefficient (Wildman–Crippen LogP) is 5.53. The maximum absolute atomic E-state index is 12.4. The first-order valence-corrected chi connectivity index (χ1v) is 7.72. The van der Waals surface area contributed by atoms with Crippen molar-refractivity contribution in [1.29, 1.82) is 0 Å². The number of hydrogen-bond acceptors (Lipinski definition) is 1. The van der Waals surface area contributed by atoms with Gasteiger partial charge in [0.2, 0.25) is 0 Å². The number of carbonyl (C=O) groups excluding carboxylic acids is 1. The molecular weight excluding hydrogens is 336 g/mol. The zero-order valence-electron chi connectivity index (χ0n) is 11.5. The van der Waals surface area contributed by atoms with Gasteiger partial charge < -0.3 is 0 Å². The maximum atomic E-state index is 12.4. The highest BCUT2D eigenvalue weighted by atomic mass is 79.9. The molecule has 0 saturated carbocycles. The predicted molar refractivity (Wildman–Crippen MR) is 87.6 cm³/mol. The average molecular weight is 352 g/mol. The van der Waals surface area contributed by atoms with Gasteiger partial charge in [0.1, 0.15) is 0 Å². The van der Waals surface area contributed by atoms with Gasteiger partial charge in [-0.25, -0.2) is 0 Å². The van der Waals surface area contributed by atoms with Crippen molar-refractivity contribution in [3.05, 3.63) is 68.7 Å². The normalized spacial score (nSPS) is 10.8. The van der Waals surface area contributed by atoms with E-state index in [9.17, 15) is 4.79 Å². The Balaban J connectivity index is 2.24. The van der Waals surface area contributed by atoms with Gasteiger partial charge in [-0.1, -0.05) is 65.6 Å². The third-order valence-electron chi connectivity index (χ3n) is 2.98. The molecule has 0 amide bonds. The summed E-state index contributed by atoms with van der Waals surface area (Å²) < 4.78 is 0.810. The third-order valence-corrected chi connectivity index (χ3v) is 3.66. The van der Waals surface area contributed by atoms with Crippen LogP contribution in [0.4, 0.5) is 0 Å². The Bertz CT molecular complexity index is 597. The molecule has 0 unspecified atom stereocenters. The van der Waals surface area contributed by atoms with E-state index in [0.29, 0.717) is 22.1 Å². The van der Waals surface area contributed by atoms with Gasteiger partial charge >= 0.3 is 0 Å². The first kappa shape index (κ1) is 15.3. The summed E-state index contributed by atoms with van der Waals surface area (Å²) in [6.07, 6.45) is 1.02. The standard InChI is InChI=1S/C17H16BrClO/c1-11(2)7-12-3-5-13(6-4-12)17(20)14-8-15(18)10-16(19)9-14/h3-6,8-11H,7H2,1-2H3. The van der Waals surface area contributed by atoms with Crippen LogP contribution in [0.25, 0.3) is 0 Å². The molecule has 0 atom stereocenters. The molecule has 0 heterocycles. The SMILES string of the molecule is CC(C)Cc1ccc(C(=O)c2cc(Cl)cc(Br)c2)cc1. The summed E-state index contributed by atoms with van der Waals surface area (Å²) in [5, 5.41) is 0.555. The van der Waals surface area contributed by atoms with Crippen molar-refractivity contribution in [3.8, 4) is 0 Å². The van der Waals surface area contributed by atoms with E-state index in [2.05, 4.69) is 29.8 Å². The van der Waals surface area contributed by atoms with E-state index in [1.54, 1.807) is 18.2 Å². The van der Waals surface area contributed by atoms with Crippen LogP contribution in [-0.2, 0) is 6.42 Å². The van der Waals surface area contributed by atoms with E-state index in [0.717, 1.165) is 10.9 Å². The molecule has 0 aliphatic rings. The van der Waals surface area contributed by atoms with Crippen LogP contribution in [0.3, 0.4) is 0 Å². The minimum atomic E-state index is -0.00991. The quantitative estimate of drug-likeness (QED) is 0.662. The highest BCUT2D eigenvalue weighted by Gasteiger charge is 2.10. The summed E-state index contributed by atoms with van der Waals surface area (Å²) in [6, 6.07) is 13.1. The van der Waals surface area contributed by atoms with Gasteiger partial charge in [-0.15, -0.1) is 0 Å². The Morgan fingerprint density at radius 2 is 1.75 bits per heavy atom. The molecular formula is C17H16BrClO. The largest absolute Gasteiger partial charge is 0.289 e. The van der Waals surface area contributed by atoms with E-state index >= 15 is 0 Å². The number of hydrogen-bond donors (Lipinski definition) is 0. The average Bonchev–Trinajstić information content (AvgIpc) is 2.37. The minimum Gasteiger partial charge on any atom is -0.289 e. The number of benzene rings is 2. The van der Waals surface area contributed by atoms with Crippen LogP contribution in [0, 0.1) is 5.92 Å². The molecule has 0 aromatic heterocycles. The molecule has 3 heteroatoms. The molecule has 0 aliphatic heterocycles. The summed E-state index contributed by atoms with van der Waals surface area (Å²) in [7, 11) is 0. The van der Waals surface area contributed by atoms with Crippen molar-refractivity contribution in [1.82, 2.24) is 0 Å². The molecule has 0 aliphatic carbocycles. The minimum absolute atomic E-state index is 0.00991. The second kappa shape index (κ2) is 6.55. The second-order valence-corrected chi connectivity index (χ2v) is 6.63. The molecule has 0 bridgehead atoms. The summed E-state index contributed by atoms with van der Waals surface area (Å²) in [6.45, 7) is 4.37. The van der Waals surface area contributed by atoms with Crippen LogP contribution in [0.15, 0.2) is 46.9 Å². The molecule has 0 N–H and O–H groups in total. The number of halogens is 2. The van der Waals surface area contributed by atoms with Gasteiger partial charge in [0.25, 0.3) is 0 Å². The molecule has 0 spiro atoms. The molecule has 2 aromatic rings. The Morgan fingerprint density at radius 3 is 2.30 bits per heavy atom. The van der Waals surface area contributed by atoms with E-state index in [4.69, 9.17) is 11.6 Å². The topological polar surface area (TPSA) is 17.1 Å². The zero-order valence-corrected chi connectivity index (χ0v) is 13.8. The van der Waals surface area contributed by atoms with Gasteiger partial charge in [-0.3, -0.25) is 4.79 Å². The van der Waals surface area contributed by atoms with Gasteiger partial charge in [0.05, 0.1) is 0 Å². The van der Waals surface area contributed by atoms with E-state index in [-0.39, 0.29) is 5.78 Å². The Kier molecular flexibility index (Phi) is 5.00. The van der Waals surface area contributed by atoms with Gasteiger partial charge in [0, 0.05) is 20.6 Å². The fraction of sp³-hybridized carbons (Fsp3) is 0.235. The lowest BCUT2D eigenvalue weighted by atomic mass is 9.98. The van der Waals surface area contributed by atoms with Gasteiger partial charge in [-0.2, -0.15) is 0 Å².